The second-order valence-electron chi connectivity index (χ2n) is 13.5. The van der Waals surface area contributed by atoms with E-state index in [1.807, 2.05) is 0 Å². The SMILES string of the molecule is CCCC(c1cc(-c2cccc(C)c2)cc(C(C)(C)C)c1O)c1cc(-c2cccc(C)c2)cc(C(C)(C)C)c1O. The molecule has 0 bridgehead atoms. The van der Waals surface area contributed by atoms with Crippen molar-refractivity contribution in [2.24, 2.45) is 0 Å². The summed E-state index contributed by atoms with van der Waals surface area (Å²) in [6, 6.07) is 25.6. The van der Waals surface area contributed by atoms with Gasteiger partial charge in [0.15, 0.2) is 0 Å². The van der Waals surface area contributed by atoms with Gasteiger partial charge in [-0.1, -0.05) is 115 Å². The van der Waals surface area contributed by atoms with E-state index in [-0.39, 0.29) is 16.7 Å². The Morgan fingerprint density at radius 3 is 1.30 bits per heavy atom. The number of phenolic OH excluding ortho intramolecular Hbond substituents is 2. The molecule has 4 aromatic rings. The van der Waals surface area contributed by atoms with Crippen molar-refractivity contribution < 1.29 is 10.2 Å². The van der Waals surface area contributed by atoms with Crippen molar-refractivity contribution in [3.05, 3.63) is 106 Å². The third kappa shape index (κ3) is 6.12. The van der Waals surface area contributed by atoms with Gasteiger partial charge in [0, 0.05) is 28.2 Å². The van der Waals surface area contributed by atoms with Gasteiger partial charge in [0.2, 0.25) is 0 Å². The molecule has 0 saturated heterocycles. The molecule has 0 spiro atoms. The number of rotatable bonds is 6. The maximum atomic E-state index is 11.9. The molecule has 40 heavy (non-hydrogen) atoms. The predicted molar refractivity (Wildman–Crippen MR) is 171 cm³/mol. The van der Waals surface area contributed by atoms with Gasteiger partial charge in [-0.2, -0.15) is 0 Å². The van der Waals surface area contributed by atoms with Crippen LogP contribution in [0.1, 0.15) is 101 Å². The number of phenols is 2. The van der Waals surface area contributed by atoms with E-state index in [0.717, 1.165) is 57.3 Å². The highest BCUT2D eigenvalue weighted by molar-refractivity contribution is 5.72. The minimum absolute atomic E-state index is 0.165. The summed E-state index contributed by atoms with van der Waals surface area (Å²) < 4.78 is 0. The minimum atomic E-state index is -0.253. The molecule has 0 aliphatic heterocycles. The van der Waals surface area contributed by atoms with E-state index in [4.69, 9.17) is 0 Å². The van der Waals surface area contributed by atoms with Crippen LogP contribution in [0.4, 0.5) is 0 Å². The largest absolute Gasteiger partial charge is 0.507 e. The van der Waals surface area contributed by atoms with Crippen LogP contribution in [0.5, 0.6) is 11.5 Å². The molecule has 0 radical (unpaired) electrons. The van der Waals surface area contributed by atoms with Gasteiger partial charge in [-0.25, -0.2) is 0 Å². The van der Waals surface area contributed by atoms with Crippen molar-refractivity contribution in [3.8, 4) is 33.8 Å². The van der Waals surface area contributed by atoms with Crippen LogP contribution in [0.25, 0.3) is 22.3 Å². The maximum absolute atomic E-state index is 11.9. The monoisotopic (exact) mass is 534 g/mol. The van der Waals surface area contributed by atoms with E-state index < -0.39 is 0 Å². The molecule has 0 aromatic heterocycles. The Labute approximate surface area is 241 Å². The summed E-state index contributed by atoms with van der Waals surface area (Å²) in [4.78, 5) is 0. The maximum Gasteiger partial charge on any atom is 0.123 e. The second-order valence-corrected chi connectivity index (χ2v) is 13.5. The Morgan fingerprint density at radius 1 is 0.575 bits per heavy atom. The normalized spacial score (nSPS) is 12.2. The predicted octanol–water partition coefficient (Wildman–Crippen LogP) is 10.6. The van der Waals surface area contributed by atoms with Gasteiger partial charge in [0.1, 0.15) is 11.5 Å². The van der Waals surface area contributed by atoms with Crippen LogP contribution in [-0.4, -0.2) is 10.2 Å². The van der Waals surface area contributed by atoms with Gasteiger partial charge in [0.05, 0.1) is 0 Å². The first-order valence-electron chi connectivity index (χ1n) is 14.6. The lowest BCUT2D eigenvalue weighted by atomic mass is 9.76. The molecule has 0 aliphatic rings. The standard InChI is InChI=1S/C38H46O2/c1-10-13-30(31-20-28(26-16-11-14-24(2)18-26)22-33(35(31)39)37(4,5)6)32-21-29(27-17-12-15-25(3)19-27)23-34(36(32)40)38(7,8)9/h11-12,14-23,30,39-40H,10,13H2,1-9H3. The Balaban J connectivity index is 2.05. The Morgan fingerprint density at radius 2 is 0.975 bits per heavy atom. The Hall–Kier alpha value is -3.52. The van der Waals surface area contributed by atoms with E-state index in [0.29, 0.717) is 11.5 Å². The number of aryl methyl sites for hydroxylation is 2. The van der Waals surface area contributed by atoms with Gasteiger partial charge >= 0.3 is 0 Å². The first-order valence-corrected chi connectivity index (χ1v) is 14.6. The molecule has 0 atom stereocenters. The summed E-state index contributed by atoms with van der Waals surface area (Å²) in [5.41, 5.74) is 9.95. The molecule has 0 fully saturated rings. The highest BCUT2D eigenvalue weighted by Crippen LogP contribution is 2.48. The van der Waals surface area contributed by atoms with E-state index in [1.54, 1.807) is 0 Å². The van der Waals surface area contributed by atoms with E-state index in [2.05, 4.69) is 135 Å². The molecular weight excluding hydrogens is 488 g/mol. The molecule has 2 N–H and O–H groups in total. The van der Waals surface area contributed by atoms with Crippen molar-refractivity contribution in [1.82, 2.24) is 0 Å². The number of hydrogen-bond donors (Lipinski definition) is 2. The molecule has 0 aliphatic carbocycles. The molecule has 0 amide bonds. The van der Waals surface area contributed by atoms with Gasteiger partial charge in [-0.15, -0.1) is 0 Å². The summed E-state index contributed by atoms with van der Waals surface area (Å²) in [7, 11) is 0. The molecule has 0 heterocycles. The van der Waals surface area contributed by atoms with Crippen molar-refractivity contribution in [2.75, 3.05) is 0 Å². The fourth-order valence-electron chi connectivity index (χ4n) is 5.74. The van der Waals surface area contributed by atoms with Gasteiger partial charge in [0.25, 0.3) is 0 Å². The van der Waals surface area contributed by atoms with Crippen LogP contribution in [0.15, 0.2) is 72.8 Å². The number of benzene rings is 4. The molecule has 0 unspecified atom stereocenters. The first kappa shape index (κ1) is 29.5. The van der Waals surface area contributed by atoms with Crippen LogP contribution in [0.3, 0.4) is 0 Å². The summed E-state index contributed by atoms with van der Waals surface area (Å²) >= 11 is 0. The molecule has 0 saturated carbocycles. The van der Waals surface area contributed by atoms with Crippen molar-refractivity contribution in [1.29, 1.82) is 0 Å². The quantitative estimate of drug-likeness (QED) is 0.258. The highest BCUT2D eigenvalue weighted by atomic mass is 16.3. The smallest absolute Gasteiger partial charge is 0.123 e. The van der Waals surface area contributed by atoms with Crippen molar-refractivity contribution in [3.63, 3.8) is 0 Å². The summed E-state index contributed by atoms with van der Waals surface area (Å²) in [5, 5.41) is 23.7. The molecule has 210 valence electrons. The molecular formula is C38H46O2. The third-order valence-electron chi connectivity index (χ3n) is 7.93. The fraction of sp³-hybridized carbons (Fsp3) is 0.368. The highest BCUT2D eigenvalue weighted by Gasteiger charge is 2.30. The topological polar surface area (TPSA) is 40.5 Å². The van der Waals surface area contributed by atoms with Gasteiger partial charge in [-0.05, 0) is 77.6 Å². The van der Waals surface area contributed by atoms with Crippen molar-refractivity contribution in [2.45, 2.75) is 91.9 Å². The Bertz CT molecular complexity index is 1400. The summed E-state index contributed by atoms with van der Waals surface area (Å²) in [6.07, 6.45) is 1.73. The minimum Gasteiger partial charge on any atom is -0.507 e. The van der Waals surface area contributed by atoms with Crippen molar-refractivity contribution >= 4 is 0 Å². The van der Waals surface area contributed by atoms with Gasteiger partial charge in [-0.3, -0.25) is 0 Å². The average molecular weight is 535 g/mol. The van der Waals surface area contributed by atoms with E-state index in [1.165, 1.54) is 11.1 Å². The first-order chi connectivity index (χ1) is 18.7. The zero-order chi connectivity index (χ0) is 29.4. The number of aromatic hydroxyl groups is 2. The second kappa shape index (κ2) is 11.2. The lowest BCUT2D eigenvalue weighted by molar-refractivity contribution is 0.425. The van der Waals surface area contributed by atoms with Crippen LogP contribution < -0.4 is 0 Å². The summed E-state index contributed by atoms with van der Waals surface area (Å²) in [5.74, 6) is 0.502. The zero-order valence-corrected chi connectivity index (χ0v) is 25.8. The van der Waals surface area contributed by atoms with E-state index in [9.17, 15) is 10.2 Å². The third-order valence-corrected chi connectivity index (χ3v) is 7.93. The molecule has 4 aromatic carbocycles. The molecule has 2 heteroatoms. The number of hydrogen-bond acceptors (Lipinski definition) is 2. The van der Waals surface area contributed by atoms with Crippen LogP contribution in [-0.2, 0) is 10.8 Å². The van der Waals surface area contributed by atoms with Crippen LogP contribution in [0, 0.1) is 13.8 Å². The average Bonchev–Trinajstić information content (AvgIpc) is 2.86. The van der Waals surface area contributed by atoms with Gasteiger partial charge < -0.3 is 10.2 Å². The summed E-state index contributed by atoms with van der Waals surface area (Å²) in [6.45, 7) is 19.3. The lowest BCUT2D eigenvalue weighted by Crippen LogP contribution is -2.15. The Kier molecular flexibility index (Phi) is 8.22. The fourth-order valence-corrected chi connectivity index (χ4v) is 5.74. The zero-order valence-electron chi connectivity index (χ0n) is 25.8. The molecule has 4 rings (SSSR count). The molecule has 2 nitrogen and oxygen atoms in total. The van der Waals surface area contributed by atoms with Crippen LogP contribution in [0.2, 0.25) is 0 Å². The van der Waals surface area contributed by atoms with E-state index >= 15 is 0 Å². The lowest BCUT2D eigenvalue weighted by Gasteiger charge is -2.29. The van der Waals surface area contributed by atoms with Crippen LogP contribution >= 0.6 is 0 Å².